The first-order valence-electron chi connectivity index (χ1n) is 13.8. The quantitative estimate of drug-likeness (QED) is 0.165. The molecule has 0 amide bonds. The highest BCUT2D eigenvalue weighted by molar-refractivity contribution is 6.05. The van der Waals surface area contributed by atoms with E-state index >= 15 is 0 Å². The minimum Gasteiger partial charge on any atom is -0.493 e. The van der Waals surface area contributed by atoms with Gasteiger partial charge >= 0.3 is 11.9 Å². The van der Waals surface area contributed by atoms with Gasteiger partial charge in [-0.15, -0.1) is 0 Å². The SMILES string of the molecule is COc1cc(/C=C2/C=C(c3ccccc3)OC2=O)cc(OC)c1OC.O=C1OC(c2ccccc2)=C/C1=C/c1ccccc1. The van der Waals surface area contributed by atoms with E-state index in [0.29, 0.717) is 39.9 Å². The third-order valence-corrected chi connectivity index (χ3v) is 6.70. The number of carbonyl (C=O) groups excluding carboxylic acids is 2. The zero-order valence-corrected chi connectivity index (χ0v) is 24.5. The Kier molecular flexibility index (Phi) is 9.37. The van der Waals surface area contributed by atoms with E-state index in [0.717, 1.165) is 22.3 Å². The van der Waals surface area contributed by atoms with Crippen LogP contribution in [0, 0.1) is 0 Å². The normalized spacial score (nSPS) is 15.5. The van der Waals surface area contributed by atoms with Crippen molar-refractivity contribution in [1.29, 1.82) is 0 Å². The van der Waals surface area contributed by atoms with Crippen LogP contribution in [-0.4, -0.2) is 33.3 Å². The number of benzene rings is 4. The third kappa shape index (κ3) is 6.97. The minimum absolute atomic E-state index is 0.303. The Morgan fingerprint density at radius 3 is 1.34 bits per heavy atom. The first-order chi connectivity index (χ1) is 21.5. The molecule has 0 fully saturated rings. The van der Waals surface area contributed by atoms with Crippen molar-refractivity contribution in [3.05, 3.63) is 149 Å². The molecule has 4 aromatic rings. The van der Waals surface area contributed by atoms with Crippen molar-refractivity contribution in [2.75, 3.05) is 21.3 Å². The fraction of sp³-hybridized carbons (Fsp3) is 0.0811. The van der Waals surface area contributed by atoms with Crippen molar-refractivity contribution in [2.45, 2.75) is 0 Å². The van der Waals surface area contributed by atoms with E-state index in [-0.39, 0.29) is 5.97 Å². The molecule has 0 spiro atoms. The molecule has 7 heteroatoms. The number of hydrogen-bond donors (Lipinski definition) is 0. The summed E-state index contributed by atoms with van der Waals surface area (Å²) in [5.41, 5.74) is 4.52. The van der Waals surface area contributed by atoms with Crippen LogP contribution in [0.2, 0.25) is 0 Å². The topological polar surface area (TPSA) is 80.3 Å². The number of hydrogen-bond acceptors (Lipinski definition) is 7. The summed E-state index contributed by atoms with van der Waals surface area (Å²) in [5.74, 6) is 1.98. The molecular weight excluding hydrogens is 556 g/mol. The van der Waals surface area contributed by atoms with Crippen LogP contribution in [0.3, 0.4) is 0 Å². The molecule has 220 valence electrons. The summed E-state index contributed by atoms with van der Waals surface area (Å²) in [4.78, 5) is 24.0. The molecule has 2 heterocycles. The summed E-state index contributed by atoms with van der Waals surface area (Å²) in [6.45, 7) is 0. The van der Waals surface area contributed by atoms with Crippen LogP contribution in [0.1, 0.15) is 22.3 Å². The van der Waals surface area contributed by atoms with Crippen LogP contribution >= 0.6 is 0 Å². The number of ether oxygens (including phenoxy) is 5. The maximum atomic E-state index is 12.2. The highest BCUT2D eigenvalue weighted by Gasteiger charge is 2.23. The standard InChI is InChI=1S/C20H18O5.C17H12O2/c1-22-17-10-13(11-18(23-2)19(17)24-3)9-15-12-16(25-20(15)21)14-7-5-4-6-8-14;18-17-15(11-13-7-3-1-4-8-13)12-16(19-17)14-9-5-2-6-10-14/h4-12H,1-3H3;1-12H/b15-9-;15-11-. The van der Waals surface area contributed by atoms with Gasteiger partial charge in [0.05, 0.1) is 32.5 Å². The van der Waals surface area contributed by atoms with Gasteiger partial charge in [-0.05, 0) is 47.6 Å². The molecule has 44 heavy (non-hydrogen) atoms. The average Bonchev–Trinajstić information content (AvgIpc) is 3.63. The number of esters is 2. The van der Waals surface area contributed by atoms with Gasteiger partial charge < -0.3 is 23.7 Å². The summed E-state index contributed by atoms with van der Waals surface area (Å²) in [6, 6.07) is 32.4. The smallest absolute Gasteiger partial charge is 0.343 e. The Hall–Kier alpha value is -5.82. The van der Waals surface area contributed by atoms with Gasteiger partial charge in [-0.3, -0.25) is 0 Å². The number of carbonyl (C=O) groups is 2. The minimum atomic E-state index is -0.396. The maximum Gasteiger partial charge on any atom is 0.343 e. The maximum absolute atomic E-state index is 12.2. The molecule has 0 saturated heterocycles. The van der Waals surface area contributed by atoms with Crippen LogP contribution in [-0.2, 0) is 19.1 Å². The van der Waals surface area contributed by atoms with Gasteiger partial charge in [-0.1, -0.05) is 91.0 Å². The zero-order chi connectivity index (χ0) is 30.9. The fourth-order valence-corrected chi connectivity index (χ4v) is 4.56. The Morgan fingerprint density at radius 2 is 0.932 bits per heavy atom. The van der Waals surface area contributed by atoms with Crippen molar-refractivity contribution in [3.63, 3.8) is 0 Å². The molecule has 0 radical (unpaired) electrons. The van der Waals surface area contributed by atoms with Gasteiger partial charge in [0.25, 0.3) is 0 Å². The molecule has 0 N–H and O–H groups in total. The molecule has 2 aliphatic rings. The molecule has 0 aliphatic carbocycles. The molecule has 7 nitrogen and oxygen atoms in total. The average molecular weight is 587 g/mol. The Morgan fingerprint density at radius 1 is 0.523 bits per heavy atom. The van der Waals surface area contributed by atoms with Crippen molar-refractivity contribution in [2.24, 2.45) is 0 Å². The number of methoxy groups -OCH3 is 3. The first kappa shape index (κ1) is 29.7. The van der Waals surface area contributed by atoms with Crippen LogP contribution in [0.4, 0.5) is 0 Å². The zero-order valence-electron chi connectivity index (χ0n) is 24.5. The van der Waals surface area contributed by atoms with Crippen LogP contribution in [0.25, 0.3) is 23.7 Å². The molecule has 0 atom stereocenters. The Labute approximate surface area is 255 Å². The molecule has 4 aromatic carbocycles. The van der Waals surface area contributed by atoms with Crippen molar-refractivity contribution >= 4 is 35.6 Å². The number of rotatable bonds is 7. The highest BCUT2D eigenvalue weighted by Crippen LogP contribution is 2.39. The van der Waals surface area contributed by atoms with Gasteiger partial charge in [-0.25, -0.2) is 9.59 Å². The molecule has 0 saturated carbocycles. The summed E-state index contributed by atoms with van der Waals surface area (Å²) in [6.07, 6.45) is 7.06. The molecule has 0 aromatic heterocycles. The lowest BCUT2D eigenvalue weighted by atomic mass is 10.1. The lowest BCUT2D eigenvalue weighted by Crippen LogP contribution is -1.98. The monoisotopic (exact) mass is 586 g/mol. The molecule has 2 aliphatic heterocycles. The van der Waals surface area contributed by atoms with E-state index in [1.807, 2.05) is 97.1 Å². The highest BCUT2D eigenvalue weighted by atomic mass is 16.5. The van der Waals surface area contributed by atoms with E-state index < -0.39 is 5.97 Å². The molecular formula is C37H30O7. The Balaban J connectivity index is 0.000000181. The van der Waals surface area contributed by atoms with Gasteiger partial charge in [0, 0.05) is 11.1 Å². The third-order valence-electron chi connectivity index (χ3n) is 6.70. The molecule has 6 rings (SSSR count). The van der Waals surface area contributed by atoms with Crippen molar-refractivity contribution in [1.82, 2.24) is 0 Å². The lowest BCUT2D eigenvalue weighted by molar-refractivity contribution is -0.131. The second-order valence-corrected chi connectivity index (χ2v) is 9.60. The summed E-state index contributed by atoms with van der Waals surface area (Å²) < 4.78 is 26.6. The summed E-state index contributed by atoms with van der Waals surface area (Å²) in [5, 5.41) is 0. The van der Waals surface area contributed by atoms with Gasteiger partial charge in [-0.2, -0.15) is 0 Å². The second-order valence-electron chi connectivity index (χ2n) is 9.60. The van der Waals surface area contributed by atoms with Gasteiger partial charge in [0.1, 0.15) is 11.5 Å². The van der Waals surface area contributed by atoms with E-state index in [1.54, 1.807) is 51.7 Å². The van der Waals surface area contributed by atoms with E-state index in [4.69, 9.17) is 23.7 Å². The van der Waals surface area contributed by atoms with Gasteiger partial charge in [0.2, 0.25) is 5.75 Å². The number of cyclic esters (lactones) is 2. The van der Waals surface area contributed by atoms with Crippen molar-refractivity contribution < 1.29 is 33.3 Å². The molecule has 0 bridgehead atoms. The van der Waals surface area contributed by atoms with Crippen LogP contribution in [0.5, 0.6) is 17.2 Å². The predicted molar refractivity (Wildman–Crippen MR) is 170 cm³/mol. The Bertz CT molecular complexity index is 1740. The van der Waals surface area contributed by atoms with E-state index in [2.05, 4.69) is 0 Å². The second kappa shape index (κ2) is 13.9. The van der Waals surface area contributed by atoms with Crippen LogP contribution in [0.15, 0.2) is 126 Å². The molecule has 0 unspecified atom stereocenters. The summed E-state index contributed by atoms with van der Waals surface area (Å²) >= 11 is 0. The van der Waals surface area contributed by atoms with E-state index in [9.17, 15) is 9.59 Å². The largest absolute Gasteiger partial charge is 0.493 e. The fourth-order valence-electron chi connectivity index (χ4n) is 4.56. The predicted octanol–water partition coefficient (Wildman–Crippen LogP) is 7.36. The first-order valence-corrected chi connectivity index (χ1v) is 13.8. The van der Waals surface area contributed by atoms with Crippen molar-refractivity contribution in [3.8, 4) is 17.2 Å². The summed E-state index contributed by atoms with van der Waals surface area (Å²) in [7, 11) is 4.64. The van der Waals surface area contributed by atoms with E-state index in [1.165, 1.54) is 0 Å². The van der Waals surface area contributed by atoms with Gasteiger partial charge in [0.15, 0.2) is 11.5 Å². The van der Waals surface area contributed by atoms with Crippen LogP contribution < -0.4 is 14.2 Å². The lowest BCUT2D eigenvalue weighted by Gasteiger charge is -2.12.